The third-order valence-corrected chi connectivity index (χ3v) is 8.37. The molecule has 0 amide bonds. The van der Waals surface area contributed by atoms with E-state index in [1.165, 1.54) is 15.5 Å². The number of alkyl halides is 4. The van der Waals surface area contributed by atoms with Gasteiger partial charge in [0.1, 0.15) is 23.1 Å². The first-order valence-corrected chi connectivity index (χ1v) is 15.0. The van der Waals surface area contributed by atoms with Gasteiger partial charge in [-0.3, -0.25) is 14.1 Å². The molecule has 17 heteroatoms. The standard InChI is InChI=1S/C26H31F6N7O3S/c1-13(2)39-23-19(12-33-25(36-23)34-15-5-6-20(38(3)4)16(27)11-15)35-21(24(39)40)14-9-17(28)22(18(29)10-14)37-43(41,42)8-7-26(30,31)32/h9-10,12-13,15-16,20,37H,5-8,11H2,1-4H3,(H,33,34,36)/t15-,16-,20-/m1/s1. The van der Waals surface area contributed by atoms with Crippen LogP contribution in [0.4, 0.5) is 38.0 Å². The molecule has 0 spiro atoms. The number of benzene rings is 1. The maximum absolute atomic E-state index is 14.9. The van der Waals surface area contributed by atoms with E-state index in [4.69, 9.17) is 0 Å². The summed E-state index contributed by atoms with van der Waals surface area (Å²) < 4.78 is 108. The van der Waals surface area contributed by atoms with Crippen LogP contribution in [-0.4, -0.2) is 77.1 Å². The lowest BCUT2D eigenvalue weighted by molar-refractivity contribution is -0.129. The smallest absolute Gasteiger partial charge is 0.351 e. The van der Waals surface area contributed by atoms with Crippen molar-refractivity contribution in [1.82, 2.24) is 24.4 Å². The van der Waals surface area contributed by atoms with Crippen molar-refractivity contribution in [1.29, 1.82) is 0 Å². The van der Waals surface area contributed by atoms with Crippen LogP contribution in [0.5, 0.6) is 0 Å². The molecule has 0 bridgehead atoms. The summed E-state index contributed by atoms with van der Waals surface area (Å²) in [5, 5.41) is 3.11. The zero-order valence-electron chi connectivity index (χ0n) is 23.7. The molecule has 0 radical (unpaired) electrons. The number of rotatable bonds is 9. The van der Waals surface area contributed by atoms with Crippen molar-refractivity contribution in [2.45, 2.75) is 70.0 Å². The van der Waals surface area contributed by atoms with Crippen molar-refractivity contribution in [3.8, 4) is 11.3 Å². The number of sulfonamides is 1. The van der Waals surface area contributed by atoms with Crippen molar-refractivity contribution >= 4 is 32.8 Å². The van der Waals surface area contributed by atoms with Gasteiger partial charge in [0.05, 0.1) is 18.4 Å². The third kappa shape index (κ3) is 7.55. The van der Waals surface area contributed by atoms with Crippen molar-refractivity contribution in [3.63, 3.8) is 0 Å². The Bertz CT molecular complexity index is 1640. The molecule has 236 valence electrons. The number of nitrogens with zero attached hydrogens (tertiary/aromatic N) is 5. The second-order valence-electron chi connectivity index (χ2n) is 10.9. The summed E-state index contributed by atoms with van der Waals surface area (Å²) in [6, 6.07) is 0.367. The van der Waals surface area contributed by atoms with Gasteiger partial charge in [-0.2, -0.15) is 18.2 Å². The molecule has 3 aromatic rings. The number of hydrogen-bond acceptors (Lipinski definition) is 8. The van der Waals surface area contributed by atoms with Gasteiger partial charge in [-0.1, -0.05) is 0 Å². The van der Waals surface area contributed by atoms with Crippen LogP contribution in [0.2, 0.25) is 0 Å². The minimum absolute atomic E-state index is 0.103. The molecule has 0 unspecified atom stereocenters. The van der Waals surface area contributed by atoms with Crippen LogP contribution in [0.15, 0.2) is 23.1 Å². The fraction of sp³-hybridized carbons (Fsp3) is 0.538. The van der Waals surface area contributed by atoms with E-state index in [-0.39, 0.29) is 41.2 Å². The number of hydrogen-bond donors (Lipinski definition) is 2. The molecule has 1 saturated carbocycles. The molecule has 10 nitrogen and oxygen atoms in total. The van der Waals surface area contributed by atoms with E-state index in [2.05, 4.69) is 20.3 Å². The second kappa shape index (κ2) is 12.3. The zero-order valence-corrected chi connectivity index (χ0v) is 24.5. The quantitative estimate of drug-likeness (QED) is 0.327. The Labute approximate surface area is 243 Å². The van der Waals surface area contributed by atoms with Crippen LogP contribution in [0.25, 0.3) is 22.4 Å². The van der Waals surface area contributed by atoms with Gasteiger partial charge in [-0.05, 0) is 52.9 Å². The lowest BCUT2D eigenvalue weighted by Gasteiger charge is -2.35. The predicted molar refractivity (Wildman–Crippen MR) is 149 cm³/mol. The Kier molecular flexibility index (Phi) is 9.25. The summed E-state index contributed by atoms with van der Waals surface area (Å²) in [5.74, 6) is -4.22. The van der Waals surface area contributed by atoms with E-state index in [1.54, 1.807) is 13.8 Å². The maximum atomic E-state index is 14.9. The van der Waals surface area contributed by atoms with E-state index >= 15 is 0 Å². The van der Waals surface area contributed by atoms with Gasteiger partial charge >= 0.3 is 6.18 Å². The Morgan fingerprint density at radius 2 is 1.77 bits per heavy atom. The molecule has 2 N–H and O–H groups in total. The van der Waals surface area contributed by atoms with Gasteiger partial charge in [-0.25, -0.2) is 31.6 Å². The Morgan fingerprint density at radius 3 is 2.33 bits per heavy atom. The highest BCUT2D eigenvalue weighted by molar-refractivity contribution is 7.92. The van der Waals surface area contributed by atoms with Crippen LogP contribution in [0.1, 0.15) is 45.6 Å². The topological polar surface area (TPSA) is 122 Å². The monoisotopic (exact) mass is 635 g/mol. The first-order chi connectivity index (χ1) is 20.0. The number of aromatic nitrogens is 4. The average molecular weight is 636 g/mol. The van der Waals surface area contributed by atoms with Gasteiger partial charge < -0.3 is 10.2 Å². The number of fused-ring (bicyclic) bond motifs is 1. The van der Waals surface area contributed by atoms with Gasteiger partial charge in [0.25, 0.3) is 5.56 Å². The summed E-state index contributed by atoms with van der Waals surface area (Å²) in [6.07, 6.45) is -4.72. The lowest BCUT2D eigenvalue weighted by Crippen LogP contribution is -2.44. The average Bonchev–Trinajstić information content (AvgIpc) is 2.88. The van der Waals surface area contributed by atoms with Gasteiger partial charge in [0, 0.05) is 30.1 Å². The van der Waals surface area contributed by atoms with Crippen LogP contribution >= 0.6 is 0 Å². The molecule has 1 fully saturated rings. The van der Waals surface area contributed by atoms with Crippen LogP contribution in [0.3, 0.4) is 0 Å². The van der Waals surface area contributed by atoms with E-state index in [0.29, 0.717) is 25.0 Å². The van der Waals surface area contributed by atoms with Crippen molar-refractivity contribution in [2.24, 2.45) is 0 Å². The fourth-order valence-electron chi connectivity index (χ4n) is 5.00. The molecular formula is C26H31F6N7O3S. The molecule has 2 aromatic heterocycles. The number of halogens is 6. The van der Waals surface area contributed by atoms with Crippen LogP contribution in [-0.2, 0) is 10.0 Å². The predicted octanol–water partition coefficient (Wildman–Crippen LogP) is 4.64. The Hall–Kier alpha value is -3.47. The molecule has 3 atom stereocenters. The zero-order chi connectivity index (χ0) is 31.9. The Morgan fingerprint density at radius 1 is 1.12 bits per heavy atom. The number of anilines is 2. The summed E-state index contributed by atoms with van der Waals surface area (Å²) in [7, 11) is -1.10. The second-order valence-corrected chi connectivity index (χ2v) is 12.8. The molecule has 43 heavy (non-hydrogen) atoms. The number of nitrogens with one attached hydrogen (secondary N) is 2. The Balaban J connectivity index is 1.66. The summed E-state index contributed by atoms with van der Waals surface area (Å²) in [6.45, 7) is 3.35. The van der Waals surface area contributed by atoms with Gasteiger partial charge in [0.2, 0.25) is 16.0 Å². The SMILES string of the molecule is CC(C)n1c(=O)c(-c2cc(F)c(NS(=O)(=O)CCC(F)(F)F)c(F)c2)nc2cnc(N[C@@H]3CC[C@@H](N(C)C)[C@H](F)C3)nc21. The van der Waals surface area contributed by atoms with Crippen LogP contribution < -0.4 is 15.6 Å². The van der Waals surface area contributed by atoms with E-state index in [1.807, 2.05) is 19.0 Å². The molecule has 1 aliphatic carbocycles. The highest BCUT2D eigenvalue weighted by atomic mass is 32.2. The first-order valence-electron chi connectivity index (χ1n) is 13.4. The largest absolute Gasteiger partial charge is 0.390 e. The van der Waals surface area contributed by atoms with Crippen molar-refractivity contribution in [3.05, 3.63) is 40.3 Å². The van der Waals surface area contributed by atoms with Crippen molar-refractivity contribution < 1.29 is 34.8 Å². The molecule has 1 aliphatic rings. The van der Waals surface area contributed by atoms with E-state index < -0.39 is 69.2 Å². The van der Waals surface area contributed by atoms with Gasteiger partial charge in [0.15, 0.2) is 17.3 Å². The molecule has 0 aliphatic heterocycles. The molecule has 1 aromatic carbocycles. The molecule has 0 saturated heterocycles. The minimum atomic E-state index is -4.79. The minimum Gasteiger partial charge on any atom is -0.351 e. The molecule has 2 heterocycles. The van der Waals surface area contributed by atoms with E-state index in [0.717, 1.165) is 0 Å². The normalized spacial score (nSPS) is 19.8. The first kappa shape index (κ1) is 32.4. The highest BCUT2D eigenvalue weighted by Gasteiger charge is 2.33. The molecule has 4 rings (SSSR count). The maximum Gasteiger partial charge on any atom is 0.390 e. The summed E-state index contributed by atoms with van der Waals surface area (Å²) in [4.78, 5) is 28.2. The summed E-state index contributed by atoms with van der Waals surface area (Å²) >= 11 is 0. The lowest BCUT2D eigenvalue weighted by atomic mass is 9.89. The van der Waals surface area contributed by atoms with Gasteiger partial charge in [-0.15, -0.1) is 0 Å². The molecular weight excluding hydrogens is 604 g/mol. The third-order valence-electron chi connectivity index (χ3n) is 7.11. The fourth-order valence-corrected chi connectivity index (χ4v) is 6.10. The summed E-state index contributed by atoms with van der Waals surface area (Å²) in [5.41, 5.74) is -2.47. The van der Waals surface area contributed by atoms with Crippen LogP contribution in [0, 0.1) is 11.6 Å². The van der Waals surface area contributed by atoms with Crippen molar-refractivity contribution in [2.75, 3.05) is 29.9 Å². The van der Waals surface area contributed by atoms with E-state index in [9.17, 15) is 39.6 Å². The highest BCUT2D eigenvalue weighted by Crippen LogP contribution is 2.29.